The number of carbonyl (C=O) groups excluding carboxylic acids is 1. The van der Waals surface area contributed by atoms with Crippen molar-refractivity contribution in [3.63, 3.8) is 0 Å². The highest BCUT2D eigenvalue weighted by atomic mass is 32.2. The minimum atomic E-state index is -3.82. The number of nitrogens with one attached hydrogen (secondary N) is 1. The SMILES string of the molecule is COC(CO)c1ccc(-c2ccc(C3=NOC(CC(C)(C(=O)NO)S(C)(=O)=O)C3)cc2)cc1. The van der Waals surface area contributed by atoms with Gasteiger partial charge in [0.05, 0.1) is 12.3 Å². The lowest BCUT2D eigenvalue weighted by atomic mass is 9.95. The molecule has 10 heteroatoms. The maximum atomic E-state index is 12.2. The van der Waals surface area contributed by atoms with Crippen molar-refractivity contribution < 1.29 is 33.1 Å². The second-order valence-electron chi connectivity index (χ2n) is 8.22. The van der Waals surface area contributed by atoms with Crippen LogP contribution in [0.3, 0.4) is 0 Å². The van der Waals surface area contributed by atoms with Crippen molar-refractivity contribution in [1.82, 2.24) is 5.48 Å². The van der Waals surface area contributed by atoms with Crippen LogP contribution in [-0.4, -0.2) is 61.2 Å². The first-order valence-electron chi connectivity index (χ1n) is 10.3. The predicted molar refractivity (Wildman–Crippen MR) is 123 cm³/mol. The molecule has 1 amide bonds. The third kappa shape index (κ3) is 5.25. The van der Waals surface area contributed by atoms with Crippen molar-refractivity contribution in [3.8, 4) is 11.1 Å². The number of hydrogen-bond acceptors (Lipinski definition) is 8. The van der Waals surface area contributed by atoms with Crippen LogP contribution in [0.15, 0.2) is 53.7 Å². The van der Waals surface area contributed by atoms with Crippen LogP contribution in [-0.2, 0) is 24.2 Å². The summed E-state index contributed by atoms with van der Waals surface area (Å²) >= 11 is 0. The zero-order chi connectivity index (χ0) is 24.2. The Balaban J connectivity index is 1.69. The van der Waals surface area contributed by atoms with Crippen molar-refractivity contribution in [2.24, 2.45) is 5.16 Å². The summed E-state index contributed by atoms with van der Waals surface area (Å²) < 4.78 is 27.7. The molecule has 0 aromatic heterocycles. The minimum absolute atomic E-state index is 0.0935. The number of hydroxylamine groups is 1. The van der Waals surface area contributed by atoms with Crippen molar-refractivity contribution in [1.29, 1.82) is 0 Å². The number of methoxy groups -OCH3 is 1. The van der Waals surface area contributed by atoms with Gasteiger partial charge in [0, 0.05) is 26.2 Å². The van der Waals surface area contributed by atoms with Crippen LogP contribution in [0.1, 0.15) is 37.0 Å². The zero-order valence-electron chi connectivity index (χ0n) is 18.7. The molecule has 0 fully saturated rings. The molecular weight excluding hydrogens is 448 g/mol. The number of nitrogens with zero attached hydrogens (tertiary/aromatic N) is 1. The molecule has 0 spiro atoms. The smallest absolute Gasteiger partial charge is 0.264 e. The molecule has 3 rings (SSSR count). The van der Waals surface area contributed by atoms with Gasteiger partial charge in [0.25, 0.3) is 5.91 Å². The number of carbonyl (C=O) groups is 1. The van der Waals surface area contributed by atoms with Gasteiger partial charge in [-0.05, 0) is 29.2 Å². The fourth-order valence-electron chi connectivity index (χ4n) is 3.73. The topological polar surface area (TPSA) is 135 Å². The molecular formula is C23H28N2O7S. The standard InChI is InChI=1S/C23H28N2O7S/c1-23(22(27)24-28,33(3,29)30)13-19-12-20(25-32-19)17-8-4-15(5-9-17)16-6-10-18(11-7-16)21(14-26)31-2/h4-11,19,21,26,28H,12-14H2,1-3H3,(H,24,27). The highest BCUT2D eigenvalue weighted by molar-refractivity contribution is 7.92. The summed E-state index contributed by atoms with van der Waals surface area (Å²) in [4.78, 5) is 17.4. The predicted octanol–water partition coefficient (Wildman–Crippen LogP) is 2.23. The lowest BCUT2D eigenvalue weighted by molar-refractivity contribution is -0.132. The van der Waals surface area contributed by atoms with E-state index in [-0.39, 0.29) is 19.1 Å². The molecule has 0 saturated carbocycles. The lowest BCUT2D eigenvalue weighted by Gasteiger charge is -2.26. The molecule has 3 unspecified atom stereocenters. The van der Waals surface area contributed by atoms with Gasteiger partial charge in [-0.25, -0.2) is 13.9 Å². The summed E-state index contributed by atoms with van der Waals surface area (Å²) in [6, 6.07) is 15.4. The van der Waals surface area contributed by atoms with Crippen LogP contribution in [0.25, 0.3) is 11.1 Å². The second kappa shape index (κ2) is 10.0. The van der Waals surface area contributed by atoms with E-state index >= 15 is 0 Å². The molecule has 3 atom stereocenters. The monoisotopic (exact) mass is 476 g/mol. The van der Waals surface area contributed by atoms with Crippen LogP contribution >= 0.6 is 0 Å². The van der Waals surface area contributed by atoms with E-state index in [1.165, 1.54) is 12.4 Å². The number of aliphatic hydroxyl groups is 1. The quantitative estimate of drug-likeness (QED) is 0.373. The first kappa shape index (κ1) is 24.8. The van der Waals surface area contributed by atoms with Crippen LogP contribution in [0, 0.1) is 0 Å². The van der Waals surface area contributed by atoms with E-state index in [0.717, 1.165) is 28.5 Å². The molecule has 0 radical (unpaired) electrons. The average molecular weight is 477 g/mol. The highest BCUT2D eigenvalue weighted by Crippen LogP contribution is 2.30. The van der Waals surface area contributed by atoms with Crippen molar-refractivity contribution >= 4 is 21.5 Å². The molecule has 33 heavy (non-hydrogen) atoms. The lowest BCUT2D eigenvalue weighted by Crippen LogP contribution is -2.51. The number of benzene rings is 2. The third-order valence-electron chi connectivity index (χ3n) is 6.03. The molecule has 1 aliphatic heterocycles. The highest BCUT2D eigenvalue weighted by Gasteiger charge is 2.47. The van der Waals surface area contributed by atoms with Gasteiger partial charge in [-0.1, -0.05) is 53.7 Å². The summed E-state index contributed by atoms with van der Waals surface area (Å²) in [7, 11) is -2.27. The summed E-state index contributed by atoms with van der Waals surface area (Å²) in [5, 5.41) is 22.4. The molecule has 1 aliphatic rings. The maximum absolute atomic E-state index is 12.2. The molecule has 0 aliphatic carbocycles. The average Bonchev–Trinajstić information content (AvgIpc) is 3.27. The number of hydrogen-bond donors (Lipinski definition) is 3. The van der Waals surface area contributed by atoms with E-state index in [1.807, 2.05) is 48.5 Å². The fraction of sp³-hybridized carbons (Fsp3) is 0.391. The van der Waals surface area contributed by atoms with Crippen LogP contribution in [0.5, 0.6) is 0 Å². The summed E-state index contributed by atoms with van der Waals surface area (Å²) in [6.45, 7) is 1.16. The molecule has 178 valence electrons. The summed E-state index contributed by atoms with van der Waals surface area (Å²) in [5.41, 5.74) is 5.78. The van der Waals surface area contributed by atoms with Gasteiger partial charge in [0.1, 0.15) is 12.2 Å². The first-order chi connectivity index (χ1) is 15.6. The summed E-state index contributed by atoms with van der Waals surface area (Å²) in [6.07, 6.45) is 0.152. The Bertz CT molecular complexity index is 1110. The van der Waals surface area contributed by atoms with Gasteiger partial charge in [0.2, 0.25) is 0 Å². The maximum Gasteiger partial charge on any atom is 0.264 e. The number of rotatable bonds is 9. The van der Waals surface area contributed by atoms with E-state index in [4.69, 9.17) is 14.8 Å². The minimum Gasteiger partial charge on any atom is -0.393 e. The van der Waals surface area contributed by atoms with Gasteiger partial charge in [-0.15, -0.1) is 0 Å². The molecule has 2 aromatic carbocycles. The Kier molecular flexibility index (Phi) is 7.53. The van der Waals surface area contributed by atoms with Crippen molar-refractivity contribution in [3.05, 3.63) is 59.7 Å². The Labute approximate surface area is 192 Å². The normalized spacial score (nSPS) is 18.7. The van der Waals surface area contributed by atoms with Crippen molar-refractivity contribution in [2.45, 2.75) is 36.7 Å². The molecule has 0 saturated heterocycles. The molecule has 9 nitrogen and oxygen atoms in total. The number of ether oxygens (including phenoxy) is 1. The van der Waals surface area contributed by atoms with E-state index in [9.17, 15) is 18.3 Å². The van der Waals surface area contributed by atoms with Crippen LogP contribution in [0.2, 0.25) is 0 Å². The molecule has 0 bridgehead atoms. The molecule has 3 N–H and O–H groups in total. The third-order valence-corrected chi connectivity index (χ3v) is 8.02. The van der Waals surface area contributed by atoms with E-state index in [1.54, 1.807) is 7.11 Å². The van der Waals surface area contributed by atoms with Gasteiger partial charge in [-0.2, -0.15) is 0 Å². The Morgan fingerprint density at radius 3 is 2.21 bits per heavy atom. The Morgan fingerprint density at radius 1 is 1.18 bits per heavy atom. The Hall–Kier alpha value is -2.79. The fourth-order valence-corrected chi connectivity index (χ4v) is 4.61. The Morgan fingerprint density at radius 2 is 1.73 bits per heavy atom. The number of amides is 1. The van der Waals surface area contributed by atoms with E-state index in [2.05, 4.69) is 5.16 Å². The number of oxime groups is 1. The van der Waals surface area contributed by atoms with Crippen LogP contribution < -0.4 is 5.48 Å². The summed E-state index contributed by atoms with van der Waals surface area (Å²) in [5.74, 6) is -1.01. The zero-order valence-corrected chi connectivity index (χ0v) is 19.5. The number of sulfone groups is 1. The van der Waals surface area contributed by atoms with Crippen LogP contribution in [0.4, 0.5) is 0 Å². The largest absolute Gasteiger partial charge is 0.393 e. The van der Waals surface area contributed by atoms with E-state index < -0.39 is 26.6 Å². The van der Waals surface area contributed by atoms with Gasteiger partial charge < -0.3 is 14.7 Å². The molecule has 2 aromatic rings. The van der Waals surface area contributed by atoms with Gasteiger partial charge in [0.15, 0.2) is 14.6 Å². The van der Waals surface area contributed by atoms with E-state index in [0.29, 0.717) is 12.1 Å². The van der Waals surface area contributed by atoms with Gasteiger partial charge in [-0.3, -0.25) is 10.0 Å². The number of aliphatic hydroxyl groups excluding tert-OH is 1. The van der Waals surface area contributed by atoms with Gasteiger partial charge >= 0.3 is 0 Å². The molecule has 1 heterocycles. The second-order valence-corrected chi connectivity index (χ2v) is 10.7. The van der Waals surface area contributed by atoms with Crippen molar-refractivity contribution in [2.75, 3.05) is 20.0 Å². The first-order valence-corrected chi connectivity index (χ1v) is 12.2.